The van der Waals surface area contributed by atoms with Gasteiger partial charge in [-0.1, -0.05) is 0 Å². The molecule has 27 heavy (non-hydrogen) atoms. The second-order valence-corrected chi connectivity index (χ2v) is 7.14. The predicted octanol–water partition coefficient (Wildman–Crippen LogP) is 3.33. The fraction of sp³-hybridized carbons (Fsp3) is 0.158. The number of fused-ring (bicyclic) bond motifs is 3. The van der Waals surface area contributed by atoms with Gasteiger partial charge in [0.25, 0.3) is 5.91 Å². The average Bonchev–Trinajstić information content (AvgIpc) is 3.31. The van der Waals surface area contributed by atoms with Crippen LogP contribution in [0.15, 0.2) is 41.0 Å². The third-order valence-corrected chi connectivity index (χ3v) is 5.50. The summed E-state index contributed by atoms with van der Waals surface area (Å²) in [4.78, 5) is 18.4. The lowest BCUT2D eigenvalue weighted by molar-refractivity contribution is 0.0953. The quantitative estimate of drug-likeness (QED) is 0.565. The molecule has 7 nitrogen and oxygen atoms in total. The molecule has 0 saturated carbocycles. The third-order valence-electron chi connectivity index (χ3n) is 4.39. The van der Waals surface area contributed by atoms with Gasteiger partial charge in [0.15, 0.2) is 11.5 Å². The van der Waals surface area contributed by atoms with Gasteiger partial charge in [-0.25, -0.2) is 4.98 Å². The van der Waals surface area contributed by atoms with Crippen LogP contribution in [0, 0.1) is 0 Å². The number of benzene rings is 1. The fourth-order valence-corrected chi connectivity index (χ4v) is 4.07. The summed E-state index contributed by atoms with van der Waals surface area (Å²) < 4.78 is 16.5. The minimum Gasteiger partial charge on any atom is -0.486 e. The van der Waals surface area contributed by atoms with Crippen molar-refractivity contribution in [1.82, 2.24) is 10.3 Å². The van der Waals surface area contributed by atoms with Crippen LogP contribution in [-0.4, -0.2) is 24.1 Å². The molecule has 1 amide bonds. The van der Waals surface area contributed by atoms with Gasteiger partial charge in [0.1, 0.15) is 28.7 Å². The van der Waals surface area contributed by atoms with E-state index in [0.29, 0.717) is 52.4 Å². The van der Waals surface area contributed by atoms with Crippen LogP contribution in [0.1, 0.15) is 15.4 Å². The Morgan fingerprint density at radius 1 is 1.22 bits per heavy atom. The molecule has 4 aromatic rings. The average molecular weight is 381 g/mol. The number of nitrogen functional groups attached to an aromatic ring is 1. The second kappa shape index (κ2) is 6.17. The zero-order valence-electron chi connectivity index (χ0n) is 14.2. The zero-order valence-corrected chi connectivity index (χ0v) is 15.0. The van der Waals surface area contributed by atoms with Gasteiger partial charge >= 0.3 is 0 Å². The van der Waals surface area contributed by atoms with Crippen molar-refractivity contribution in [2.24, 2.45) is 0 Å². The Hall–Kier alpha value is -3.26. The van der Waals surface area contributed by atoms with E-state index in [9.17, 15) is 4.79 Å². The number of aromatic nitrogens is 1. The number of hydrogen-bond donors (Lipinski definition) is 2. The van der Waals surface area contributed by atoms with Crippen molar-refractivity contribution < 1.29 is 18.7 Å². The first-order chi connectivity index (χ1) is 13.2. The van der Waals surface area contributed by atoms with E-state index in [0.717, 1.165) is 16.3 Å². The first-order valence-electron chi connectivity index (χ1n) is 8.42. The van der Waals surface area contributed by atoms with Crippen molar-refractivity contribution in [1.29, 1.82) is 0 Å². The summed E-state index contributed by atoms with van der Waals surface area (Å²) in [7, 11) is 0. The van der Waals surface area contributed by atoms with Crippen LogP contribution in [0.5, 0.6) is 11.5 Å². The molecule has 3 aromatic heterocycles. The normalized spacial score (nSPS) is 13.2. The molecule has 0 spiro atoms. The molecular formula is C19H15N3O4S. The van der Waals surface area contributed by atoms with Crippen molar-refractivity contribution in [3.8, 4) is 11.5 Å². The van der Waals surface area contributed by atoms with Crippen LogP contribution in [0.25, 0.3) is 21.1 Å². The molecule has 0 bridgehead atoms. The van der Waals surface area contributed by atoms with Gasteiger partial charge in [0.05, 0.1) is 24.0 Å². The number of nitrogens with two attached hydrogens (primary N) is 1. The van der Waals surface area contributed by atoms with Crippen molar-refractivity contribution >= 4 is 44.1 Å². The molecule has 136 valence electrons. The van der Waals surface area contributed by atoms with Gasteiger partial charge in [-0.05, 0) is 24.3 Å². The van der Waals surface area contributed by atoms with Crippen LogP contribution in [0.2, 0.25) is 0 Å². The minimum atomic E-state index is -0.248. The van der Waals surface area contributed by atoms with Gasteiger partial charge in [-0.3, -0.25) is 4.79 Å². The smallest absolute Gasteiger partial charge is 0.263 e. The first-order valence-corrected chi connectivity index (χ1v) is 9.23. The number of ether oxygens (including phenoxy) is 2. The molecule has 0 saturated heterocycles. The second-order valence-electron chi connectivity index (χ2n) is 6.14. The topological polar surface area (TPSA) is 99.6 Å². The summed E-state index contributed by atoms with van der Waals surface area (Å²) in [6.07, 6.45) is 1.57. The van der Waals surface area contributed by atoms with E-state index in [2.05, 4.69) is 10.3 Å². The summed E-state index contributed by atoms with van der Waals surface area (Å²) in [6.45, 7) is 1.35. The highest BCUT2D eigenvalue weighted by atomic mass is 32.1. The van der Waals surface area contributed by atoms with Gasteiger partial charge in [0, 0.05) is 16.8 Å². The number of carbonyl (C=O) groups excluding carboxylic acids is 1. The van der Waals surface area contributed by atoms with Crippen molar-refractivity contribution in [2.75, 3.05) is 18.9 Å². The standard InChI is InChI=1S/C19H15N3O4S/c20-16-12-6-10-7-14-15(26-5-4-25-14)8-13(10)22-19(12)27-17(16)18(23)21-9-11-2-1-3-24-11/h1-3,6-8H,4-5,9,20H2,(H,21,23). The predicted molar refractivity (Wildman–Crippen MR) is 102 cm³/mol. The first kappa shape index (κ1) is 16.0. The SMILES string of the molecule is Nc1c(C(=O)NCc2ccco2)sc2nc3cc4c(cc3cc12)OCCO4. The lowest BCUT2D eigenvalue weighted by Gasteiger charge is -2.18. The number of amides is 1. The van der Waals surface area contributed by atoms with Crippen molar-refractivity contribution in [3.05, 3.63) is 47.2 Å². The maximum Gasteiger partial charge on any atom is 0.263 e. The van der Waals surface area contributed by atoms with E-state index >= 15 is 0 Å². The Labute approximate surface area is 157 Å². The maximum absolute atomic E-state index is 12.5. The summed E-state index contributed by atoms with van der Waals surface area (Å²) >= 11 is 1.27. The number of carbonyl (C=O) groups is 1. The number of pyridine rings is 1. The molecule has 1 aliphatic heterocycles. The summed E-state index contributed by atoms with van der Waals surface area (Å²) in [5, 5.41) is 4.46. The van der Waals surface area contributed by atoms with Crippen LogP contribution in [0.4, 0.5) is 5.69 Å². The van der Waals surface area contributed by atoms with Crippen LogP contribution >= 0.6 is 11.3 Å². The lowest BCUT2D eigenvalue weighted by Crippen LogP contribution is -2.22. The number of furan rings is 1. The number of nitrogens with one attached hydrogen (secondary N) is 1. The summed E-state index contributed by atoms with van der Waals surface area (Å²) in [5.74, 6) is 1.81. The highest BCUT2D eigenvalue weighted by Crippen LogP contribution is 2.38. The molecule has 1 aromatic carbocycles. The number of hydrogen-bond acceptors (Lipinski definition) is 7. The number of rotatable bonds is 3. The molecular weight excluding hydrogens is 366 g/mol. The molecule has 0 aliphatic carbocycles. The summed E-state index contributed by atoms with van der Waals surface area (Å²) in [5.41, 5.74) is 7.45. The number of anilines is 1. The van der Waals surface area contributed by atoms with E-state index in [1.165, 1.54) is 11.3 Å². The molecule has 3 N–H and O–H groups in total. The Morgan fingerprint density at radius 2 is 2.04 bits per heavy atom. The maximum atomic E-state index is 12.5. The molecule has 0 unspecified atom stereocenters. The Morgan fingerprint density at radius 3 is 2.81 bits per heavy atom. The van der Waals surface area contributed by atoms with Crippen molar-refractivity contribution in [2.45, 2.75) is 6.54 Å². The molecule has 1 aliphatic rings. The Kier molecular flexibility index (Phi) is 3.64. The fourth-order valence-electron chi connectivity index (χ4n) is 3.07. The van der Waals surface area contributed by atoms with Gasteiger partial charge in [0.2, 0.25) is 0 Å². The van der Waals surface area contributed by atoms with E-state index in [1.807, 2.05) is 18.2 Å². The molecule has 4 heterocycles. The lowest BCUT2D eigenvalue weighted by atomic mass is 10.1. The minimum absolute atomic E-state index is 0.248. The number of nitrogens with zero attached hydrogens (tertiary/aromatic N) is 1. The van der Waals surface area contributed by atoms with E-state index in [-0.39, 0.29) is 5.91 Å². The van der Waals surface area contributed by atoms with E-state index in [4.69, 9.17) is 19.6 Å². The van der Waals surface area contributed by atoms with Crippen molar-refractivity contribution in [3.63, 3.8) is 0 Å². The number of thiophene rings is 1. The van der Waals surface area contributed by atoms with Gasteiger partial charge < -0.3 is 24.9 Å². The molecule has 0 fully saturated rings. The van der Waals surface area contributed by atoms with E-state index in [1.54, 1.807) is 18.4 Å². The van der Waals surface area contributed by atoms with Crippen LogP contribution < -0.4 is 20.5 Å². The Balaban J connectivity index is 1.53. The van der Waals surface area contributed by atoms with E-state index < -0.39 is 0 Å². The summed E-state index contributed by atoms with van der Waals surface area (Å²) in [6, 6.07) is 9.26. The van der Waals surface area contributed by atoms with Crippen LogP contribution in [-0.2, 0) is 6.54 Å². The molecule has 8 heteroatoms. The molecule has 0 atom stereocenters. The monoisotopic (exact) mass is 381 g/mol. The Bertz CT molecular complexity index is 1170. The molecule has 5 rings (SSSR count). The highest BCUT2D eigenvalue weighted by molar-refractivity contribution is 7.21. The van der Waals surface area contributed by atoms with Gasteiger partial charge in [-0.15, -0.1) is 11.3 Å². The zero-order chi connectivity index (χ0) is 18.4. The third kappa shape index (κ3) is 2.74. The van der Waals surface area contributed by atoms with Gasteiger partial charge in [-0.2, -0.15) is 0 Å². The largest absolute Gasteiger partial charge is 0.486 e. The van der Waals surface area contributed by atoms with Crippen LogP contribution in [0.3, 0.4) is 0 Å². The molecule has 0 radical (unpaired) electrons. The highest BCUT2D eigenvalue weighted by Gasteiger charge is 2.19.